The summed E-state index contributed by atoms with van der Waals surface area (Å²) in [7, 11) is 0. The normalized spacial score (nSPS) is 17.1. The van der Waals surface area contributed by atoms with E-state index in [1.807, 2.05) is 25.1 Å². The van der Waals surface area contributed by atoms with Crippen LogP contribution in [-0.4, -0.2) is 33.9 Å². The van der Waals surface area contributed by atoms with Gasteiger partial charge in [-0.05, 0) is 56.2 Å². The van der Waals surface area contributed by atoms with Crippen LogP contribution in [0.1, 0.15) is 41.9 Å². The fourth-order valence-corrected chi connectivity index (χ4v) is 4.10. The first-order valence-electron chi connectivity index (χ1n) is 10.6. The second-order valence-electron chi connectivity index (χ2n) is 8.03. The molecule has 1 aromatic heterocycles. The molecule has 182 valence electrons. The first-order chi connectivity index (χ1) is 15.4. The number of amides is 1. The lowest BCUT2D eigenvalue weighted by Gasteiger charge is -2.30. The predicted molar refractivity (Wildman–Crippen MR) is 144 cm³/mol. The Hall–Kier alpha value is -2.81. The predicted octanol–water partition coefficient (Wildman–Crippen LogP) is 4.68. The molecule has 4 rings (SSSR count). The zero-order chi connectivity index (χ0) is 22.7. The highest BCUT2D eigenvalue weighted by atomic mass is 35.5. The average Bonchev–Trinajstić information content (AvgIpc) is 2.76. The molecular formula is C23H28Cl3N7O. The van der Waals surface area contributed by atoms with Crippen LogP contribution in [0.2, 0.25) is 5.02 Å². The molecule has 1 aliphatic rings. The number of nitrogens with zero attached hydrogens (tertiary/aromatic N) is 3. The Morgan fingerprint density at radius 2 is 1.76 bits per heavy atom. The number of nitrogens with one attached hydrogen (secondary N) is 2. The van der Waals surface area contributed by atoms with Gasteiger partial charge in [-0.1, -0.05) is 36.1 Å². The summed E-state index contributed by atoms with van der Waals surface area (Å²) in [5.41, 5.74) is 13.7. The highest BCUT2D eigenvalue weighted by Crippen LogP contribution is 2.28. The summed E-state index contributed by atoms with van der Waals surface area (Å²) >= 11 is 5.93. The van der Waals surface area contributed by atoms with Crippen molar-refractivity contribution in [2.45, 2.75) is 44.7 Å². The first-order valence-corrected chi connectivity index (χ1v) is 11.0. The van der Waals surface area contributed by atoms with Crippen LogP contribution in [0.15, 0.2) is 47.5 Å². The second kappa shape index (κ2) is 12.1. The van der Waals surface area contributed by atoms with Gasteiger partial charge < -0.3 is 22.1 Å². The van der Waals surface area contributed by atoms with Crippen LogP contribution >= 0.6 is 36.4 Å². The highest BCUT2D eigenvalue weighted by Gasteiger charge is 2.26. The number of guanidine groups is 1. The number of carbonyl (C=O) groups excluding carboxylic acids is 1. The van der Waals surface area contributed by atoms with Crippen LogP contribution < -0.4 is 22.1 Å². The zero-order valence-corrected chi connectivity index (χ0v) is 21.0. The highest BCUT2D eigenvalue weighted by molar-refractivity contribution is 6.30. The topological polar surface area (TPSA) is 131 Å². The Morgan fingerprint density at radius 1 is 1.06 bits per heavy atom. The number of fused-ring (bicyclic) bond motifs is 1. The lowest BCUT2D eigenvalue weighted by molar-refractivity contribution is 0.101. The van der Waals surface area contributed by atoms with Gasteiger partial charge in [-0.2, -0.15) is 0 Å². The van der Waals surface area contributed by atoms with Gasteiger partial charge in [-0.25, -0.2) is 15.0 Å². The number of nitrogens with two attached hydrogens (primary N) is 2. The summed E-state index contributed by atoms with van der Waals surface area (Å²) in [4.78, 5) is 26.4. The van der Waals surface area contributed by atoms with Gasteiger partial charge >= 0.3 is 0 Å². The van der Waals surface area contributed by atoms with Crippen LogP contribution in [0.5, 0.6) is 0 Å². The molecule has 0 unspecified atom stereocenters. The number of benzene rings is 2. The fourth-order valence-electron chi connectivity index (χ4n) is 3.98. The van der Waals surface area contributed by atoms with E-state index >= 15 is 0 Å². The van der Waals surface area contributed by atoms with E-state index in [-0.39, 0.29) is 48.7 Å². The van der Waals surface area contributed by atoms with Gasteiger partial charge in [0.2, 0.25) is 5.82 Å². The number of carbonyl (C=O) groups is 1. The van der Waals surface area contributed by atoms with Gasteiger partial charge in [0.05, 0.1) is 17.6 Å². The Bertz CT molecular complexity index is 1170. The number of aryl methyl sites for hydroxylation is 1. The molecule has 34 heavy (non-hydrogen) atoms. The quantitative estimate of drug-likeness (QED) is 0.283. The molecular weight excluding hydrogens is 497 g/mol. The van der Waals surface area contributed by atoms with Crippen molar-refractivity contribution in [1.29, 1.82) is 0 Å². The van der Waals surface area contributed by atoms with Crippen LogP contribution in [-0.2, 0) is 0 Å². The molecule has 2 aromatic carbocycles. The maximum atomic E-state index is 12.9. The zero-order valence-electron chi connectivity index (χ0n) is 18.6. The van der Waals surface area contributed by atoms with Gasteiger partial charge in [0.15, 0.2) is 5.96 Å². The SMILES string of the molecule is Cc1ccc2nc(C(=O)Nc3ccc(Cl)cc3)nc(N[C@H]3CCCC[C@H]3N=C(N)N)c2c1.Cl.Cl. The molecule has 1 amide bonds. The third kappa shape index (κ3) is 6.62. The van der Waals surface area contributed by atoms with Crippen LogP contribution in [0.3, 0.4) is 0 Å². The lowest BCUT2D eigenvalue weighted by atomic mass is 9.90. The molecule has 0 bridgehead atoms. The molecule has 11 heteroatoms. The third-order valence-electron chi connectivity index (χ3n) is 5.52. The smallest absolute Gasteiger partial charge is 0.293 e. The Kier molecular flexibility index (Phi) is 9.73. The fraction of sp³-hybridized carbons (Fsp3) is 0.304. The molecule has 1 heterocycles. The summed E-state index contributed by atoms with van der Waals surface area (Å²) in [6, 6.07) is 12.7. The number of aromatic nitrogens is 2. The molecule has 0 radical (unpaired) electrons. The molecule has 0 saturated heterocycles. The summed E-state index contributed by atoms with van der Waals surface area (Å²) in [5.74, 6) is 0.355. The van der Waals surface area contributed by atoms with Gasteiger partial charge in [-0.15, -0.1) is 24.8 Å². The van der Waals surface area contributed by atoms with Crippen molar-refractivity contribution in [3.05, 3.63) is 58.9 Å². The van der Waals surface area contributed by atoms with E-state index in [4.69, 9.17) is 23.1 Å². The Balaban J connectivity index is 0.00000204. The Labute approximate surface area is 215 Å². The van der Waals surface area contributed by atoms with Gasteiger partial charge in [-0.3, -0.25) is 4.79 Å². The van der Waals surface area contributed by atoms with E-state index in [9.17, 15) is 4.79 Å². The standard InChI is InChI=1S/C23H26ClN7O.2ClH/c1-13-6-11-17-16(12-13)20(29-18-4-2-3-5-19(18)30-23(25)26)31-21(28-17)22(32)27-15-9-7-14(24)8-10-15;;/h6-12,18-19H,2-5H2,1H3,(H,27,32)(H4,25,26,30)(H,28,29,31);2*1H/t18-,19+;;/m0../s1. The first kappa shape index (κ1) is 27.4. The summed E-state index contributed by atoms with van der Waals surface area (Å²) in [6.07, 6.45) is 3.94. The van der Waals surface area contributed by atoms with Crippen molar-refractivity contribution < 1.29 is 4.79 Å². The van der Waals surface area contributed by atoms with Crippen molar-refractivity contribution in [3.63, 3.8) is 0 Å². The van der Waals surface area contributed by atoms with E-state index in [2.05, 4.69) is 25.6 Å². The largest absolute Gasteiger partial charge is 0.370 e. The monoisotopic (exact) mass is 523 g/mol. The van der Waals surface area contributed by atoms with E-state index in [0.717, 1.165) is 36.6 Å². The molecule has 1 fully saturated rings. The number of anilines is 2. The maximum Gasteiger partial charge on any atom is 0.293 e. The van der Waals surface area contributed by atoms with Crippen LogP contribution in [0, 0.1) is 6.92 Å². The number of rotatable bonds is 5. The summed E-state index contributed by atoms with van der Waals surface area (Å²) < 4.78 is 0. The summed E-state index contributed by atoms with van der Waals surface area (Å²) in [5, 5.41) is 7.77. The molecule has 0 spiro atoms. The van der Waals surface area contributed by atoms with Crippen molar-refractivity contribution >= 4 is 70.7 Å². The number of aliphatic imine (C=N–C) groups is 1. The van der Waals surface area contributed by atoms with Gasteiger partial charge in [0.1, 0.15) is 5.82 Å². The number of hydrogen-bond donors (Lipinski definition) is 4. The minimum atomic E-state index is -0.401. The van der Waals surface area contributed by atoms with E-state index in [0.29, 0.717) is 22.0 Å². The minimum Gasteiger partial charge on any atom is -0.370 e. The van der Waals surface area contributed by atoms with Crippen molar-refractivity contribution in [2.24, 2.45) is 16.5 Å². The molecule has 0 aliphatic heterocycles. The third-order valence-corrected chi connectivity index (χ3v) is 5.77. The van der Waals surface area contributed by atoms with E-state index in [1.165, 1.54) is 0 Å². The molecule has 6 N–H and O–H groups in total. The van der Waals surface area contributed by atoms with Crippen LogP contribution in [0.25, 0.3) is 10.9 Å². The average molecular weight is 525 g/mol. The maximum absolute atomic E-state index is 12.9. The van der Waals surface area contributed by atoms with E-state index in [1.54, 1.807) is 24.3 Å². The van der Waals surface area contributed by atoms with Gasteiger partial charge in [0, 0.05) is 16.1 Å². The van der Waals surface area contributed by atoms with Gasteiger partial charge in [0.25, 0.3) is 5.91 Å². The molecule has 1 aliphatic carbocycles. The van der Waals surface area contributed by atoms with Crippen molar-refractivity contribution in [2.75, 3.05) is 10.6 Å². The number of hydrogen-bond acceptors (Lipinski definition) is 5. The van der Waals surface area contributed by atoms with Crippen molar-refractivity contribution in [3.8, 4) is 0 Å². The Morgan fingerprint density at radius 3 is 2.47 bits per heavy atom. The van der Waals surface area contributed by atoms with E-state index < -0.39 is 5.91 Å². The molecule has 2 atom stereocenters. The number of halogens is 3. The van der Waals surface area contributed by atoms with Crippen molar-refractivity contribution in [1.82, 2.24) is 9.97 Å². The second-order valence-corrected chi connectivity index (χ2v) is 8.47. The minimum absolute atomic E-state index is 0. The molecule has 8 nitrogen and oxygen atoms in total. The molecule has 1 saturated carbocycles. The summed E-state index contributed by atoms with van der Waals surface area (Å²) in [6.45, 7) is 2.01. The molecule has 3 aromatic rings. The lowest BCUT2D eigenvalue weighted by Crippen LogP contribution is -2.38. The van der Waals surface area contributed by atoms with Crippen LogP contribution in [0.4, 0.5) is 11.5 Å².